The molecule has 0 radical (unpaired) electrons. The minimum Gasteiger partial charge on any atom is -0.490 e. The summed E-state index contributed by atoms with van der Waals surface area (Å²) >= 11 is 2.18. The lowest BCUT2D eigenvalue weighted by Gasteiger charge is -2.15. The largest absolute Gasteiger partial charge is 0.490 e. The second kappa shape index (κ2) is 10.5. The maximum atomic E-state index is 14.0. The highest BCUT2D eigenvalue weighted by Crippen LogP contribution is 2.36. The molecule has 0 heterocycles. The van der Waals surface area contributed by atoms with Crippen LogP contribution in [0.15, 0.2) is 78.9 Å². The van der Waals surface area contributed by atoms with Crippen LogP contribution in [0.2, 0.25) is 0 Å². The highest BCUT2D eigenvalue weighted by Gasteiger charge is 2.14. The Morgan fingerprint density at radius 2 is 1.73 bits per heavy atom. The van der Waals surface area contributed by atoms with E-state index in [0.29, 0.717) is 29.2 Å². The van der Waals surface area contributed by atoms with Gasteiger partial charge in [-0.25, -0.2) is 4.39 Å². The summed E-state index contributed by atoms with van der Waals surface area (Å²) in [6.45, 7) is 2.44. The highest BCUT2D eigenvalue weighted by atomic mass is 127. The van der Waals surface area contributed by atoms with Gasteiger partial charge in [-0.15, -0.1) is 0 Å². The first-order chi connectivity index (χ1) is 16.1. The van der Waals surface area contributed by atoms with Gasteiger partial charge in [0.25, 0.3) is 0 Å². The molecule has 0 fully saturated rings. The fourth-order valence-electron chi connectivity index (χ4n) is 3.54. The van der Waals surface area contributed by atoms with Gasteiger partial charge in [0, 0.05) is 5.56 Å². The summed E-state index contributed by atoms with van der Waals surface area (Å²) in [6.07, 6.45) is 1.84. The van der Waals surface area contributed by atoms with Crippen molar-refractivity contribution in [2.45, 2.75) is 13.5 Å². The van der Waals surface area contributed by atoms with E-state index in [4.69, 9.17) is 9.47 Å². The zero-order valence-corrected chi connectivity index (χ0v) is 20.2. The van der Waals surface area contributed by atoms with Crippen molar-refractivity contribution < 1.29 is 13.9 Å². The molecule has 5 heteroatoms. The van der Waals surface area contributed by atoms with Gasteiger partial charge in [0.05, 0.1) is 21.8 Å². The van der Waals surface area contributed by atoms with Crippen LogP contribution >= 0.6 is 22.6 Å². The quantitative estimate of drug-likeness (QED) is 0.135. The number of hydrogen-bond acceptors (Lipinski definition) is 3. The topological polar surface area (TPSA) is 42.2 Å². The molecule has 0 atom stereocenters. The Morgan fingerprint density at radius 1 is 0.970 bits per heavy atom. The number of benzene rings is 4. The van der Waals surface area contributed by atoms with Gasteiger partial charge in [-0.05, 0) is 81.8 Å². The lowest BCUT2D eigenvalue weighted by atomic mass is 10.00. The van der Waals surface area contributed by atoms with E-state index in [1.807, 2.05) is 67.6 Å². The van der Waals surface area contributed by atoms with Gasteiger partial charge in [-0.1, -0.05) is 54.6 Å². The molecule has 33 heavy (non-hydrogen) atoms. The molecular formula is C28H21FINO2. The van der Waals surface area contributed by atoms with Crippen LogP contribution in [0, 0.1) is 20.7 Å². The van der Waals surface area contributed by atoms with Crippen molar-refractivity contribution in [3.63, 3.8) is 0 Å². The lowest BCUT2D eigenvalue weighted by molar-refractivity contribution is 0.264. The summed E-state index contributed by atoms with van der Waals surface area (Å²) in [4.78, 5) is 0. The Balaban J connectivity index is 1.67. The van der Waals surface area contributed by atoms with E-state index in [1.165, 1.54) is 6.07 Å². The van der Waals surface area contributed by atoms with Crippen molar-refractivity contribution in [1.29, 1.82) is 5.26 Å². The van der Waals surface area contributed by atoms with E-state index in [1.54, 1.807) is 18.2 Å². The van der Waals surface area contributed by atoms with Gasteiger partial charge in [0.15, 0.2) is 11.5 Å². The van der Waals surface area contributed by atoms with Crippen molar-refractivity contribution in [3.8, 4) is 17.6 Å². The summed E-state index contributed by atoms with van der Waals surface area (Å²) in [7, 11) is 0. The third-order valence-corrected chi connectivity index (χ3v) is 5.95. The van der Waals surface area contributed by atoms with Crippen molar-refractivity contribution in [2.24, 2.45) is 0 Å². The van der Waals surface area contributed by atoms with Crippen LogP contribution in [0.1, 0.15) is 23.6 Å². The van der Waals surface area contributed by atoms with Crippen molar-refractivity contribution in [3.05, 3.63) is 105 Å². The SMILES string of the molecule is CCOc1cc(/C=C(/C#N)c2ccc3ccccc3c2)cc(I)c1OCc1ccccc1F. The summed E-state index contributed by atoms with van der Waals surface area (Å²) in [5.74, 6) is 0.809. The maximum Gasteiger partial charge on any atom is 0.175 e. The second-order valence-corrected chi connectivity index (χ2v) is 8.54. The molecule has 0 saturated heterocycles. The van der Waals surface area contributed by atoms with Crippen molar-refractivity contribution in [2.75, 3.05) is 6.61 Å². The first kappa shape index (κ1) is 22.8. The van der Waals surface area contributed by atoms with E-state index in [0.717, 1.165) is 25.5 Å². The molecule has 0 aromatic heterocycles. The Kier molecular flexibility index (Phi) is 7.26. The molecule has 0 N–H and O–H groups in total. The van der Waals surface area contributed by atoms with E-state index in [2.05, 4.69) is 28.7 Å². The standard InChI is InChI=1S/C28H21FINO2/c1-2-32-27-15-19(14-26(30)28(27)33-18-23-9-5-6-10-25(23)29)13-24(17-31)22-12-11-20-7-3-4-8-21(20)16-22/h3-16H,2,18H2,1H3/b24-13-. The Bertz CT molecular complexity index is 1370. The average molecular weight is 549 g/mol. The molecule has 0 unspecified atom stereocenters. The molecule has 0 amide bonds. The van der Waals surface area contributed by atoms with E-state index in [-0.39, 0.29) is 12.4 Å². The van der Waals surface area contributed by atoms with Crippen molar-refractivity contribution >= 4 is 45.0 Å². The molecule has 0 aliphatic heterocycles. The number of nitriles is 1. The first-order valence-electron chi connectivity index (χ1n) is 10.5. The summed E-state index contributed by atoms with van der Waals surface area (Å²) < 4.78 is 26.6. The van der Waals surface area contributed by atoms with E-state index >= 15 is 0 Å². The molecule has 0 aliphatic carbocycles. The van der Waals surface area contributed by atoms with Gasteiger partial charge in [-0.2, -0.15) is 5.26 Å². The molecule has 0 saturated carbocycles. The number of allylic oxidation sites excluding steroid dienone is 1. The third kappa shape index (κ3) is 5.35. The van der Waals surface area contributed by atoms with Gasteiger partial charge in [0.1, 0.15) is 12.4 Å². The number of ether oxygens (including phenoxy) is 2. The normalized spacial score (nSPS) is 11.3. The monoisotopic (exact) mass is 549 g/mol. The fraction of sp³-hybridized carbons (Fsp3) is 0.107. The number of halogens is 2. The van der Waals surface area contributed by atoms with Gasteiger partial charge in [-0.3, -0.25) is 0 Å². The molecule has 4 aromatic carbocycles. The van der Waals surface area contributed by atoms with Crippen LogP contribution in [0.25, 0.3) is 22.4 Å². The predicted molar refractivity (Wildman–Crippen MR) is 138 cm³/mol. The van der Waals surface area contributed by atoms with Gasteiger partial charge >= 0.3 is 0 Å². The van der Waals surface area contributed by atoms with Crippen LogP contribution in [-0.4, -0.2) is 6.61 Å². The van der Waals surface area contributed by atoms with Crippen molar-refractivity contribution in [1.82, 2.24) is 0 Å². The fourth-order valence-corrected chi connectivity index (χ4v) is 4.32. The summed E-state index contributed by atoms with van der Waals surface area (Å²) in [6, 6.07) is 26.7. The van der Waals surface area contributed by atoms with E-state index < -0.39 is 0 Å². The molecular weight excluding hydrogens is 528 g/mol. The molecule has 0 aliphatic rings. The predicted octanol–water partition coefficient (Wildman–Crippen LogP) is 7.63. The van der Waals surface area contributed by atoms with Crippen LogP contribution in [0.3, 0.4) is 0 Å². The van der Waals surface area contributed by atoms with Crippen LogP contribution in [0.4, 0.5) is 4.39 Å². The third-order valence-electron chi connectivity index (χ3n) is 5.15. The lowest BCUT2D eigenvalue weighted by Crippen LogP contribution is -2.03. The number of hydrogen-bond donors (Lipinski definition) is 0. The molecule has 3 nitrogen and oxygen atoms in total. The highest BCUT2D eigenvalue weighted by molar-refractivity contribution is 14.1. The maximum absolute atomic E-state index is 14.0. The van der Waals surface area contributed by atoms with Crippen LogP contribution in [0.5, 0.6) is 11.5 Å². The summed E-state index contributed by atoms with van der Waals surface area (Å²) in [5, 5.41) is 12.0. The van der Waals surface area contributed by atoms with Gasteiger partial charge in [0.2, 0.25) is 0 Å². The number of fused-ring (bicyclic) bond motifs is 1. The molecule has 0 spiro atoms. The number of nitrogens with zero attached hydrogens (tertiary/aromatic N) is 1. The average Bonchev–Trinajstić information content (AvgIpc) is 2.83. The van der Waals surface area contributed by atoms with Gasteiger partial charge < -0.3 is 9.47 Å². The minimum absolute atomic E-state index is 0.0957. The van der Waals surface area contributed by atoms with Crippen LogP contribution in [-0.2, 0) is 6.61 Å². The molecule has 4 rings (SSSR count). The first-order valence-corrected chi connectivity index (χ1v) is 11.6. The van der Waals surface area contributed by atoms with Crippen LogP contribution < -0.4 is 9.47 Å². The Hall–Kier alpha value is -3.37. The molecule has 164 valence electrons. The zero-order chi connectivity index (χ0) is 23.2. The second-order valence-electron chi connectivity index (χ2n) is 7.37. The molecule has 0 bridgehead atoms. The molecule has 4 aromatic rings. The Morgan fingerprint density at radius 3 is 2.48 bits per heavy atom. The summed E-state index contributed by atoms with van der Waals surface area (Å²) in [5.41, 5.74) is 2.71. The number of rotatable bonds is 7. The Labute approximate surface area is 206 Å². The van der Waals surface area contributed by atoms with E-state index in [9.17, 15) is 9.65 Å². The smallest absolute Gasteiger partial charge is 0.175 e. The zero-order valence-electron chi connectivity index (χ0n) is 18.0. The minimum atomic E-state index is -0.306.